The molecule has 0 amide bonds. The van der Waals surface area contributed by atoms with Crippen LogP contribution in [0.4, 0.5) is 0 Å². The van der Waals surface area contributed by atoms with Crippen molar-refractivity contribution in [2.45, 2.75) is 32.1 Å². The third-order valence-corrected chi connectivity index (χ3v) is 5.72. The fourth-order valence-corrected chi connectivity index (χ4v) is 4.44. The first-order valence-corrected chi connectivity index (χ1v) is 10.2. The smallest absolute Gasteiger partial charge is 0.176 e. The molecule has 0 spiro atoms. The van der Waals surface area contributed by atoms with Crippen LogP contribution in [0.1, 0.15) is 37.7 Å². The number of ether oxygens (including phenoxy) is 2. The average Bonchev–Trinajstić information content (AvgIpc) is 2.70. The molecule has 1 atom stereocenters. The summed E-state index contributed by atoms with van der Waals surface area (Å²) in [7, 11) is 1.80. The number of terminal acetylenes is 1. The molecule has 0 unspecified atom stereocenters. The van der Waals surface area contributed by atoms with Gasteiger partial charge < -0.3 is 20.1 Å². The number of benzene rings is 1. The zero-order valence-electron chi connectivity index (χ0n) is 16.4. The molecule has 0 saturated heterocycles. The molecule has 0 bridgehead atoms. The number of nitrogens with two attached hydrogens (primary N) is 1. The van der Waals surface area contributed by atoms with E-state index in [0.29, 0.717) is 46.0 Å². The molecule has 0 aromatic heterocycles. The quantitative estimate of drug-likeness (QED) is 0.682. The lowest BCUT2D eigenvalue weighted by atomic mass is 9.76. The van der Waals surface area contributed by atoms with Crippen LogP contribution in [-0.2, 0) is 4.79 Å². The van der Waals surface area contributed by atoms with Crippen LogP contribution in [0.15, 0.2) is 39.3 Å². The van der Waals surface area contributed by atoms with Gasteiger partial charge in [-0.3, -0.25) is 4.79 Å². The largest absolute Gasteiger partial charge is 0.490 e. The number of hydrogen-bond acceptors (Lipinski definition) is 6. The van der Waals surface area contributed by atoms with Crippen LogP contribution in [0.25, 0.3) is 0 Å². The summed E-state index contributed by atoms with van der Waals surface area (Å²) in [5, 5.41) is 9.86. The van der Waals surface area contributed by atoms with Crippen LogP contribution >= 0.6 is 15.9 Å². The molecule has 1 aliphatic heterocycles. The molecule has 7 heteroatoms. The van der Waals surface area contributed by atoms with Crippen LogP contribution in [-0.4, -0.2) is 30.9 Å². The summed E-state index contributed by atoms with van der Waals surface area (Å²) in [6.45, 7) is 2.38. The minimum absolute atomic E-state index is 0.0464. The molecule has 6 nitrogen and oxygen atoms in total. The minimum Gasteiger partial charge on any atom is -0.490 e. The van der Waals surface area contributed by atoms with Crippen LogP contribution < -0.4 is 15.2 Å². The summed E-state index contributed by atoms with van der Waals surface area (Å²) in [5.41, 5.74) is 8.90. The van der Waals surface area contributed by atoms with E-state index < -0.39 is 5.92 Å². The maximum absolute atomic E-state index is 12.9. The number of nitrogens with zero attached hydrogens (tertiary/aromatic N) is 2. The highest BCUT2D eigenvalue weighted by molar-refractivity contribution is 9.10. The number of halogens is 1. The summed E-state index contributed by atoms with van der Waals surface area (Å²) in [4.78, 5) is 14.7. The predicted octanol–water partition coefficient (Wildman–Crippen LogP) is 3.59. The van der Waals surface area contributed by atoms with Crippen molar-refractivity contribution in [3.8, 4) is 29.9 Å². The van der Waals surface area contributed by atoms with Crippen molar-refractivity contribution in [2.24, 2.45) is 5.73 Å². The van der Waals surface area contributed by atoms with Gasteiger partial charge in [0.25, 0.3) is 0 Å². The van der Waals surface area contributed by atoms with Gasteiger partial charge in [-0.05, 0) is 53.4 Å². The average molecular weight is 456 g/mol. The number of nitriles is 1. The number of carbonyl (C=O) groups is 1. The Labute approximate surface area is 179 Å². The third-order valence-electron chi connectivity index (χ3n) is 5.13. The standard InChI is InChI=1S/C22H22BrN3O3/c1-4-9-29-21-15(23)10-13(11-18(21)28-5-2)19-14(12-24)22(25)26(3)16-7-6-8-17(27)20(16)19/h1,10-11,19H,5-9,25H2,2-3H3/t19-/m1/s1. The van der Waals surface area contributed by atoms with Gasteiger partial charge in [-0.15, -0.1) is 6.42 Å². The molecule has 0 radical (unpaired) electrons. The van der Waals surface area contributed by atoms with E-state index in [1.54, 1.807) is 18.0 Å². The van der Waals surface area contributed by atoms with E-state index in [-0.39, 0.29) is 12.4 Å². The number of Topliss-reactive ketones (excluding diaryl/α,β-unsaturated/α-hetero) is 1. The maximum Gasteiger partial charge on any atom is 0.176 e. The summed E-state index contributed by atoms with van der Waals surface area (Å²) in [6.07, 6.45) is 7.30. The van der Waals surface area contributed by atoms with Gasteiger partial charge in [-0.1, -0.05) is 5.92 Å². The molecule has 2 aliphatic rings. The fourth-order valence-electron chi connectivity index (χ4n) is 3.87. The monoisotopic (exact) mass is 455 g/mol. The lowest BCUT2D eigenvalue weighted by molar-refractivity contribution is -0.116. The summed E-state index contributed by atoms with van der Waals surface area (Å²) < 4.78 is 12.0. The second-order valence-corrected chi connectivity index (χ2v) is 7.65. The van der Waals surface area contributed by atoms with Gasteiger partial charge in [0.15, 0.2) is 17.3 Å². The van der Waals surface area contributed by atoms with Gasteiger partial charge in [-0.2, -0.15) is 5.26 Å². The predicted molar refractivity (Wildman–Crippen MR) is 113 cm³/mol. The molecule has 29 heavy (non-hydrogen) atoms. The minimum atomic E-state index is -0.545. The lowest BCUT2D eigenvalue weighted by Gasteiger charge is -2.37. The van der Waals surface area contributed by atoms with E-state index in [1.165, 1.54) is 0 Å². The molecular formula is C22H22BrN3O3. The molecule has 1 aromatic carbocycles. The van der Waals surface area contributed by atoms with Crippen LogP contribution in [0.3, 0.4) is 0 Å². The number of rotatable bonds is 5. The zero-order chi connectivity index (χ0) is 21.1. The van der Waals surface area contributed by atoms with Crippen LogP contribution in [0.5, 0.6) is 11.5 Å². The van der Waals surface area contributed by atoms with Gasteiger partial charge in [0, 0.05) is 24.7 Å². The fraction of sp³-hybridized carbons (Fsp3) is 0.364. The van der Waals surface area contributed by atoms with E-state index in [2.05, 4.69) is 27.9 Å². The highest BCUT2D eigenvalue weighted by atomic mass is 79.9. The topological polar surface area (TPSA) is 88.6 Å². The number of allylic oxidation sites excluding steroid dienone is 3. The van der Waals surface area contributed by atoms with Crippen molar-refractivity contribution in [2.75, 3.05) is 20.3 Å². The second kappa shape index (κ2) is 8.63. The first kappa shape index (κ1) is 20.8. The Morgan fingerprint density at radius 1 is 1.38 bits per heavy atom. The van der Waals surface area contributed by atoms with Crippen molar-refractivity contribution in [3.05, 3.63) is 44.8 Å². The van der Waals surface area contributed by atoms with Crippen LogP contribution in [0.2, 0.25) is 0 Å². The van der Waals surface area contributed by atoms with Gasteiger partial charge in [0.05, 0.1) is 28.6 Å². The maximum atomic E-state index is 12.9. The van der Waals surface area contributed by atoms with E-state index in [4.69, 9.17) is 21.6 Å². The summed E-state index contributed by atoms with van der Waals surface area (Å²) >= 11 is 3.52. The molecule has 0 fully saturated rings. The molecule has 3 rings (SSSR count). The van der Waals surface area contributed by atoms with Gasteiger partial charge in [-0.25, -0.2) is 0 Å². The Balaban J connectivity index is 2.21. The molecule has 150 valence electrons. The second-order valence-electron chi connectivity index (χ2n) is 6.80. The third kappa shape index (κ3) is 3.71. The molecule has 0 saturated carbocycles. The van der Waals surface area contributed by atoms with Crippen LogP contribution in [0, 0.1) is 23.7 Å². The van der Waals surface area contributed by atoms with Gasteiger partial charge in [0.1, 0.15) is 12.4 Å². The van der Waals surface area contributed by atoms with Crippen molar-refractivity contribution < 1.29 is 14.3 Å². The highest BCUT2D eigenvalue weighted by Gasteiger charge is 2.39. The Morgan fingerprint density at radius 3 is 2.79 bits per heavy atom. The van der Waals surface area contributed by atoms with Crippen molar-refractivity contribution in [1.82, 2.24) is 4.90 Å². The van der Waals surface area contributed by atoms with E-state index in [9.17, 15) is 10.1 Å². The first-order valence-electron chi connectivity index (χ1n) is 9.36. The van der Waals surface area contributed by atoms with Gasteiger partial charge >= 0.3 is 0 Å². The number of ketones is 1. The Bertz CT molecular complexity index is 998. The Hall–Kier alpha value is -2.90. The summed E-state index contributed by atoms with van der Waals surface area (Å²) in [5.74, 6) is 3.29. The molecular weight excluding hydrogens is 434 g/mol. The van der Waals surface area contributed by atoms with Crippen molar-refractivity contribution >= 4 is 21.7 Å². The molecule has 1 aromatic rings. The summed E-state index contributed by atoms with van der Waals surface area (Å²) in [6, 6.07) is 5.85. The molecule has 1 heterocycles. The number of hydrogen-bond donors (Lipinski definition) is 1. The Morgan fingerprint density at radius 2 is 2.14 bits per heavy atom. The van der Waals surface area contributed by atoms with Crippen molar-refractivity contribution in [1.29, 1.82) is 5.26 Å². The van der Waals surface area contributed by atoms with E-state index >= 15 is 0 Å². The molecule has 1 aliphatic carbocycles. The van der Waals surface area contributed by atoms with E-state index in [1.807, 2.05) is 13.0 Å². The van der Waals surface area contributed by atoms with E-state index in [0.717, 1.165) is 24.1 Å². The lowest BCUT2D eigenvalue weighted by Crippen LogP contribution is -2.36. The van der Waals surface area contributed by atoms with Crippen molar-refractivity contribution in [3.63, 3.8) is 0 Å². The highest BCUT2D eigenvalue weighted by Crippen LogP contribution is 2.47. The SMILES string of the molecule is C#CCOc1c(Br)cc([C@@H]2C(C#N)=C(N)N(C)C3=C2C(=O)CCC3)cc1OCC. The number of carbonyl (C=O) groups excluding carboxylic acids is 1. The molecule has 2 N–H and O–H groups in total. The Kier molecular flexibility index (Phi) is 6.20. The zero-order valence-corrected chi connectivity index (χ0v) is 18.0. The first-order chi connectivity index (χ1) is 13.9. The van der Waals surface area contributed by atoms with Gasteiger partial charge in [0.2, 0.25) is 0 Å². The normalized spacial score (nSPS) is 18.9.